The monoisotopic (exact) mass is 409 g/mol. The van der Waals surface area contributed by atoms with Gasteiger partial charge in [-0.3, -0.25) is 4.90 Å². The summed E-state index contributed by atoms with van der Waals surface area (Å²) in [5.74, 6) is 3.55. The zero-order valence-corrected chi connectivity index (χ0v) is 17.6. The van der Waals surface area contributed by atoms with Crippen molar-refractivity contribution < 1.29 is 18.7 Å². The number of aromatic nitrogens is 2. The first-order valence-electron chi connectivity index (χ1n) is 10.2. The molecule has 1 aliphatic rings. The third-order valence-electron chi connectivity index (χ3n) is 5.16. The Labute approximate surface area is 176 Å². The highest BCUT2D eigenvalue weighted by atomic mass is 16.5. The third-order valence-corrected chi connectivity index (χ3v) is 5.16. The van der Waals surface area contributed by atoms with E-state index in [-0.39, 0.29) is 0 Å². The highest BCUT2D eigenvalue weighted by Crippen LogP contribution is 2.33. The second-order valence-electron chi connectivity index (χ2n) is 7.25. The van der Waals surface area contributed by atoms with Gasteiger partial charge in [0.05, 0.1) is 32.9 Å². The van der Waals surface area contributed by atoms with Crippen LogP contribution in [0.3, 0.4) is 0 Å². The van der Waals surface area contributed by atoms with E-state index in [1.54, 1.807) is 14.2 Å². The van der Waals surface area contributed by atoms with Gasteiger partial charge in [-0.15, -0.1) is 0 Å². The van der Waals surface area contributed by atoms with Gasteiger partial charge in [-0.25, -0.2) is 0 Å². The smallest absolute Gasteiger partial charge is 0.241 e. The summed E-state index contributed by atoms with van der Waals surface area (Å²) in [7, 11) is 3.36. The lowest BCUT2D eigenvalue weighted by Gasteiger charge is -2.21. The van der Waals surface area contributed by atoms with Crippen molar-refractivity contribution in [2.75, 3.05) is 20.8 Å². The molecule has 0 bridgehead atoms. The molecule has 0 aliphatic heterocycles. The maximum absolute atomic E-state index is 5.70. The topological polar surface area (TPSA) is 69.9 Å². The summed E-state index contributed by atoms with van der Waals surface area (Å²) < 4.78 is 22.2. The summed E-state index contributed by atoms with van der Waals surface area (Å²) in [6.45, 7) is 3.84. The summed E-state index contributed by atoms with van der Waals surface area (Å²) >= 11 is 0. The number of nitrogens with zero attached hydrogens (tertiary/aromatic N) is 3. The minimum absolute atomic E-state index is 0.506. The van der Waals surface area contributed by atoms with E-state index in [1.165, 1.54) is 12.8 Å². The fourth-order valence-corrected chi connectivity index (χ4v) is 3.51. The zero-order valence-electron chi connectivity index (χ0n) is 17.6. The van der Waals surface area contributed by atoms with Crippen LogP contribution in [0, 0.1) is 0 Å². The molecule has 1 aromatic heterocycles. The number of hydrogen-bond donors (Lipinski definition) is 0. The first-order valence-corrected chi connectivity index (χ1v) is 10.2. The molecule has 0 unspecified atom stereocenters. The van der Waals surface area contributed by atoms with E-state index in [1.807, 2.05) is 49.4 Å². The van der Waals surface area contributed by atoms with E-state index in [2.05, 4.69) is 15.0 Å². The standard InChI is InChI=1S/C23H27N3O4/c1-4-29-21-8-6-5-7-19(21)23-24-22(30-25-23)15-26(17-9-10-17)14-16-13-18(27-2)11-12-20(16)28-3/h5-8,11-13,17H,4,9-10,14-15H2,1-3H3. The largest absolute Gasteiger partial charge is 0.497 e. The van der Waals surface area contributed by atoms with Crippen LogP contribution >= 0.6 is 0 Å². The Morgan fingerprint density at radius 1 is 1.03 bits per heavy atom. The van der Waals surface area contributed by atoms with Gasteiger partial charge in [0.15, 0.2) is 0 Å². The van der Waals surface area contributed by atoms with Gasteiger partial charge in [-0.05, 0) is 50.1 Å². The van der Waals surface area contributed by atoms with Gasteiger partial charge in [-0.2, -0.15) is 4.98 Å². The zero-order chi connectivity index (χ0) is 20.9. The lowest BCUT2D eigenvalue weighted by atomic mass is 10.1. The molecule has 0 radical (unpaired) electrons. The Hall–Kier alpha value is -3.06. The first-order chi connectivity index (χ1) is 14.7. The number of rotatable bonds is 10. The van der Waals surface area contributed by atoms with Gasteiger partial charge in [0.25, 0.3) is 0 Å². The van der Waals surface area contributed by atoms with Crippen molar-refractivity contribution in [2.45, 2.75) is 38.9 Å². The van der Waals surface area contributed by atoms with Gasteiger partial charge >= 0.3 is 0 Å². The summed E-state index contributed by atoms with van der Waals surface area (Å²) in [6.07, 6.45) is 2.33. The number of benzene rings is 2. The molecule has 3 aromatic rings. The van der Waals surface area contributed by atoms with Crippen molar-refractivity contribution in [2.24, 2.45) is 0 Å². The molecule has 0 amide bonds. The molecule has 0 atom stereocenters. The van der Waals surface area contributed by atoms with Crippen LogP contribution in [0.25, 0.3) is 11.4 Å². The predicted octanol–water partition coefficient (Wildman–Crippen LogP) is 4.32. The maximum atomic E-state index is 5.70. The maximum Gasteiger partial charge on any atom is 0.241 e. The minimum Gasteiger partial charge on any atom is -0.497 e. The summed E-state index contributed by atoms with van der Waals surface area (Å²) in [5.41, 5.74) is 1.91. The third kappa shape index (κ3) is 4.57. The summed E-state index contributed by atoms with van der Waals surface area (Å²) in [4.78, 5) is 6.99. The van der Waals surface area contributed by atoms with Crippen molar-refractivity contribution in [1.29, 1.82) is 0 Å². The van der Waals surface area contributed by atoms with E-state index in [0.29, 0.717) is 30.9 Å². The van der Waals surface area contributed by atoms with Crippen LogP contribution in [0.4, 0.5) is 0 Å². The highest BCUT2D eigenvalue weighted by Gasteiger charge is 2.31. The van der Waals surface area contributed by atoms with E-state index >= 15 is 0 Å². The van der Waals surface area contributed by atoms with Crippen molar-refractivity contribution in [1.82, 2.24) is 15.0 Å². The molecule has 1 aliphatic carbocycles. The Balaban J connectivity index is 1.53. The van der Waals surface area contributed by atoms with Gasteiger partial charge in [0, 0.05) is 18.2 Å². The molecule has 30 heavy (non-hydrogen) atoms. The Bertz CT molecular complexity index is 984. The highest BCUT2D eigenvalue weighted by molar-refractivity contribution is 5.63. The van der Waals surface area contributed by atoms with E-state index in [0.717, 1.165) is 34.9 Å². The van der Waals surface area contributed by atoms with Gasteiger partial charge < -0.3 is 18.7 Å². The number of hydrogen-bond acceptors (Lipinski definition) is 7. The fourth-order valence-electron chi connectivity index (χ4n) is 3.51. The average Bonchev–Trinajstić information content (AvgIpc) is 3.53. The molecule has 7 nitrogen and oxygen atoms in total. The molecule has 158 valence electrons. The molecular formula is C23H27N3O4. The molecule has 1 fully saturated rings. The molecule has 0 spiro atoms. The van der Waals surface area contributed by atoms with Gasteiger partial charge in [0.1, 0.15) is 17.2 Å². The minimum atomic E-state index is 0.506. The van der Waals surface area contributed by atoms with Crippen LogP contribution in [0.1, 0.15) is 31.2 Å². The Morgan fingerprint density at radius 2 is 1.87 bits per heavy atom. The van der Waals surface area contributed by atoms with Crippen LogP contribution in [0.15, 0.2) is 47.0 Å². The van der Waals surface area contributed by atoms with Crippen molar-refractivity contribution in [3.05, 3.63) is 53.9 Å². The molecule has 1 heterocycles. The molecule has 4 rings (SSSR count). The van der Waals surface area contributed by atoms with E-state index in [4.69, 9.17) is 18.7 Å². The van der Waals surface area contributed by atoms with Crippen molar-refractivity contribution >= 4 is 0 Å². The van der Waals surface area contributed by atoms with Gasteiger partial charge in [0.2, 0.25) is 11.7 Å². The average molecular weight is 409 g/mol. The molecular weight excluding hydrogens is 382 g/mol. The predicted molar refractivity (Wildman–Crippen MR) is 113 cm³/mol. The number of ether oxygens (including phenoxy) is 3. The SMILES string of the molecule is CCOc1ccccc1-c1noc(CN(Cc2cc(OC)ccc2OC)C2CC2)n1. The number of para-hydroxylation sites is 1. The lowest BCUT2D eigenvalue weighted by molar-refractivity contribution is 0.207. The molecule has 0 N–H and O–H groups in total. The van der Waals surface area contributed by atoms with Gasteiger partial charge in [-0.1, -0.05) is 17.3 Å². The van der Waals surface area contributed by atoms with Crippen LogP contribution in [0.2, 0.25) is 0 Å². The quantitative estimate of drug-likeness (QED) is 0.494. The van der Waals surface area contributed by atoms with Crippen LogP contribution in [-0.4, -0.2) is 41.9 Å². The Kier molecular flexibility index (Phi) is 6.18. The molecule has 2 aromatic carbocycles. The van der Waals surface area contributed by atoms with E-state index in [9.17, 15) is 0 Å². The van der Waals surface area contributed by atoms with Crippen molar-refractivity contribution in [3.8, 4) is 28.6 Å². The summed E-state index contributed by atoms with van der Waals surface area (Å²) in [5, 5.41) is 4.19. The molecule has 7 heteroatoms. The Morgan fingerprint density at radius 3 is 2.60 bits per heavy atom. The number of methoxy groups -OCH3 is 2. The first kappa shape index (κ1) is 20.2. The van der Waals surface area contributed by atoms with Crippen LogP contribution in [0.5, 0.6) is 17.2 Å². The van der Waals surface area contributed by atoms with Crippen molar-refractivity contribution in [3.63, 3.8) is 0 Å². The second kappa shape index (κ2) is 9.17. The van der Waals surface area contributed by atoms with Crippen LogP contribution < -0.4 is 14.2 Å². The fraction of sp³-hybridized carbons (Fsp3) is 0.391. The normalized spacial score (nSPS) is 13.5. The molecule has 1 saturated carbocycles. The lowest BCUT2D eigenvalue weighted by Crippen LogP contribution is -2.25. The second-order valence-corrected chi connectivity index (χ2v) is 7.25. The molecule has 0 saturated heterocycles. The van der Waals surface area contributed by atoms with E-state index < -0.39 is 0 Å². The summed E-state index contributed by atoms with van der Waals surface area (Å²) in [6, 6.07) is 14.1. The van der Waals surface area contributed by atoms with Crippen LogP contribution in [-0.2, 0) is 13.1 Å².